The summed E-state index contributed by atoms with van der Waals surface area (Å²) in [5.41, 5.74) is 9.05. The molecule has 2 aliphatic rings. The molecule has 2 N–H and O–H groups in total. The van der Waals surface area contributed by atoms with Crippen LogP contribution in [-0.2, 0) is 0 Å². The highest BCUT2D eigenvalue weighted by molar-refractivity contribution is 6.15. The van der Waals surface area contributed by atoms with Gasteiger partial charge < -0.3 is 38.4 Å². The summed E-state index contributed by atoms with van der Waals surface area (Å²) in [5, 5.41) is 45.6. The number of aromatic amines is 2. The molecular formula is C114H150N8O6. The molecule has 0 radical (unpaired) electrons. The lowest BCUT2D eigenvalue weighted by molar-refractivity contribution is 0.234. The van der Waals surface area contributed by atoms with Gasteiger partial charge in [0.05, 0.1) is 73.5 Å². The fourth-order valence-electron chi connectivity index (χ4n) is 17.2. The fourth-order valence-corrected chi connectivity index (χ4v) is 17.2. The van der Waals surface area contributed by atoms with Gasteiger partial charge in [-0.2, -0.15) is 21.0 Å². The molecule has 5 heterocycles. The maximum Gasteiger partial charge on any atom is 0.203 e. The van der Waals surface area contributed by atoms with Gasteiger partial charge in [0.1, 0.15) is 35.4 Å². The van der Waals surface area contributed by atoms with E-state index in [9.17, 15) is 21.0 Å². The fraction of sp³-hybridized carbons (Fsp3) is 0.526. The predicted octanol–water partition coefficient (Wildman–Crippen LogP) is 32.8. The van der Waals surface area contributed by atoms with Gasteiger partial charge >= 0.3 is 0 Å². The van der Waals surface area contributed by atoms with Crippen molar-refractivity contribution >= 4 is 57.5 Å². The largest absolute Gasteiger partial charge is 0.490 e. The highest BCUT2D eigenvalue weighted by Gasteiger charge is 2.29. The molecule has 682 valence electrons. The molecular weight excluding hydrogens is 1580 g/mol. The first-order valence-corrected chi connectivity index (χ1v) is 50.3. The average Bonchev–Trinajstić information content (AvgIpc) is 1.52. The molecule has 0 saturated heterocycles. The van der Waals surface area contributed by atoms with Gasteiger partial charge in [0.2, 0.25) is 11.5 Å². The van der Waals surface area contributed by atoms with E-state index >= 15 is 0 Å². The summed E-state index contributed by atoms with van der Waals surface area (Å²) in [6.07, 6.45) is 63.2. The molecule has 0 fully saturated rings. The Bertz CT molecular complexity index is 4790. The van der Waals surface area contributed by atoms with Crippen molar-refractivity contribution in [2.24, 2.45) is 0 Å². The summed E-state index contributed by atoms with van der Waals surface area (Å²) in [6, 6.07) is 44.4. The van der Waals surface area contributed by atoms with Crippen LogP contribution in [0.25, 0.3) is 79.8 Å². The third-order valence-electron chi connectivity index (χ3n) is 24.5. The molecule has 9 rings (SSSR count). The van der Waals surface area contributed by atoms with Gasteiger partial charge in [-0.3, -0.25) is 0 Å². The van der Waals surface area contributed by atoms with Crippen LogP contribution < -0.4 is 28.4 Å². The third kappa shape index (κ3) is 33.4. The summed E-state index contributed by atoms with van der Waals surface area (Å²) in [5.74, 6) is 10.7. The number of unbranched alkanes of at least 4 members (excludes halogenated alkanes) is 42. The molecule has 0 spiro atoms. The van der Waals surface area contributed by atoms with E-state index < -0.39 is 0 Å². The van der Waals surface area contributed by atoms with Crippen LogP contribution in [-0.4, -0.2) is 59.6 Å². The van der Waals surface area contributed by atoms with Gasteiger partial charge in [0, 0.05) is 50.0 Å². The molecule has 7 aromatic rings. The highest BCUT2D eigenvalue weighted by atomic mass is 16.5. The van der Waals surface area contributed by atoms with E-state index in [1.807, 2.05) is 85.0 Å². The zero-order chi connectivity index (χ0) is 90.1. The molecule has 0 aliphatic carbocycles. The monoisotopic (exact) mass is 1730 g/mol. The summed E-state index contributed by atoms with van der Waals surface area (Å²) < 4.78 is 42.6. The van der Waals surface area contributed by atoms with E-state index in [0.29, 0.717) is 147 Å². The SMILES string of the molecule is CCCCCCCCCCOc1cc(-c2c3nc(c(C(=C(C#N)C#N)C(=C(C#N)C#N)c4ccccc4)c4ccc([nH]4)c(-c4cc(OCCCCCCCCCC)c(OCCCCCCCCCC)c(OCCCCCCCCCC)c4)c4nc(c(C#Cc5ccccc5)c5ccc2[nH]5)C=C4)C=C3)cc(OCCCCCCCCCC)c1OCCCCCCCCCC. The number of hydrogen-bond acceptors (Lipinski definition) is 12. The number of benzene rings is 4. The van der Waals surface area contributed by atoms with E-state index in [0.717, 1.165) is 132 Å². The van der Waals surface area contributed by atoms with Crippen LogP contribution >= 0.6 is 0 Å². The first-order valence-electron chi connectivity index (χ1n) is 50.3. The van der Waals surface area contributed by atoms with Crippen molar-refractivity contribution < 1.29 is 28.4 Å². The van der Waals surface area contributed by atoms with Crippen molar-refractivity contribution in [2.45, 2.75) is 350 Å². The first-order chi connectivity index (χ1) is 63.2. The Labute approximate surface area is 769 Å². The van der Waals surface area contributed by atoms with Crippen LogP contribution in [0.4, 0.5) is 0 Å². The van der Waals surface area contributed by atoms with Gasteiger partial charge in [0.15, 0.2) is 23.0 Å². The number of ether oxygens (including phenoxy) is 6. The quantitative estimate of drug-likeness (QED) is 0.0158. The molecule has 0 saturated carbocycles. The number of nitriles is 4. The number of H-pyrrole nitrogens is 2. The van der Waals surface area contributed by atoms with Gasteiger partial charge in [0.25, 0.3) is 0 Å². The van der Waals surface area contributed by atoms with Gasteiger partial charge in [-0.15, -0.1) is 0 Å². The van der Waals surface area contributed by atoms with E-state index in [1.54, 1.807) is 12.1 Å². The van der Waals surface area contributed by atoms with Crippen molar-refractivity contribution in [3.63, 3.8) is 0 Å². The van der Waals surface area contributed by atoms with Crippen molar-refractivity contribution in [1.29, 1.82) is 21.0 Å². The van der Waals surface area contributed by atoms with Crippen LogP contribution in [0.5, 0.6) is 34.5 Å². The summed E-state index contributed by atoms with van der Waals surface area (Å²) in [7, 11) is 0. The van der Waals surface area contributed by atoms with E-state index in [4.69, 9.17) is 38.4 Å². The Hall–Kier alpha value is -10.7. The average molecular weight is 1730 g/mol. The standard InChI is InChI=1S/C114H150N8O6/c1-7-13-19-25-31-37-43-55-75-123-104-81-91(82-105(124-76-56-44-38-32-26-20-14-8-2)113(104)127-79-59-47-41-35-29-23-17-11-5)109-98-69-67-96(119-98)95(66-65-89-61-51-49-52-62-89)97-68-70-99(120-97)110(101-72-74-103(122-101)112(102-73-71-100(109)121-102)111(94(87-117)88-118)108(93(85-115)86-116)90-63-53-50-54-64-90)92-83-106(125-77-57-45-39-33-27-21-15-9-3)114(128-80-60-48-42-36-30-24-18-12-6)107(84-92)126-78-58-46-40-34-28-22-16-10-4/h49-54,61-64,67-74,81-84,119,122H,7-48,55-60,75-80H2,1-6H3. The number of nitrogens with zero attached hydrogens (tertiary/aromatic N) is 6. The Kier molecular flexibility index (Phi) is 48.1. The van der Waals surface area contributed by atoms with Crippen LogP contribution in [0.2, 0.25) is 0 Å². The Morgan fingerprint density at radius 2 is 0.562 bits per heavy atom. The Balaban J connectivity index is 1.36. The number of hydrogen-bond donors (Lipinski definition) is 2. The first kappa shape index (κ1) is 101. The number of aromatic nitrogens is 4. The van der Waals surface area contributed by atoms with Crippen molar-refractivity contribution in [1.82, 2.24) is 19.9 Å². The number of fused-ring (bicyclic) bond motifs is 8. The lowest BCUT2D eigenvalue weighted by Gasteiger charge is -2.19. The summed E-state index contributed by atoms with van der Waals surface area (Å²) in [4.78, 5) is 19.3. The number of nitrogens with one attached hydrogen (secondary N) is 2. The third-order valence-corrected chi connectivity index (χ3v) is 24.5. The second-order valence-electron chi connectivity index (χ2n) is 35.0. The molecule has 14 heteroatoms. The maximum atomic E-state index is 11.6. The molecule has 8 bridgehead atoms. The summed E-state index contributed by atoms with van der Waals surface area (Å²) >= 11 is 0. The van der Waals surface area contributed by atoms with Crippen LogP contribution in [0.15, 0.2) is 120 Å². The molecule has 0 atom stereocenters. The lowest BCUT2D eigenvalue weighted by atomic mass is 9.85. The molecule has 4 aromatic carbocycles. The molecule has 0 amide bonds. The topological polar surface area (TPSA) is 208 Å². The highest BCUT2D eigenvalue weighted by Crippen LogP contribution is 2.48. The maximum absolute atomic E-state index is 11.6. The second kappa shape index (κ2) is 60.9. The van der Waals surface area contributed by atoms with Gasteiger partial charge in [-0.25, -0.2) is 9.97 Å². The van der Waals surface area contributed by atoms with E-state index in [-0.39, 0.29) is 22.3 Å². The van der Waals surface area contributed by atoms with E-state index in [2.05, 4.69) is 124 Å². The normalized spacial score (nSPS) is 11.3. The minimum absolute atomic E-state index is 0.0475. The van der Waals surface area contributed by atoms with Crippen LogP contribution in [0.1, 0.15) is 395 Å². The Morgan fingerprint density at radius 3 is 0.914 bits per heavy atom. The second-order valence-corrected chi connectivity index (χ2v) is 35.0. The van der Waals surface area contributed by atoms with Crippen molar-refractivity contribution in [3.05, 3.63) is 165 Å². The minimum atomic E-state index is -0.334. The molecule has 0 unspecified atom stereocenters. The zero-order valence-corrected chi connectivity index (χ0v) is 79.0. The van der Waals surface area contributed by atoms with Gasteiger partial charge in [-0.05, 0) is 140 Å². The number of allylic oxidation sites excluding steroid dienone is 4. The van der Waals surface area contributed by atoms with Crippen LogP contribution in [0.3, 0.4) is 0 Å². The molecule has 3 aromatic heterocycles. The lowest BCUT2D eigenvalue weighted by Crippen LogP contribution is -2.07. The Morgan fingerprint density at radius 1 is 0.281 bits per heavy atom. The zero-order valence-electron chi connectivity index (χ0n) is 79.0. The smallest absolute Gasteiger partial charge is 0.203 e. The molecule has 128 heavy (non-hydrogen) atoms. The predicted molar refractivity (Wildman–Crippen MR) is 534 cm³/mol. The van der Waals surface area contributed by atoms with E-state index in [1.165, 1.54) is 193 Å². The minimum Gasteiger partial charge on any atom is -0.490 e. The molecule has 14 nitrogen and oxygen atoms in total. The van der Waals surface area contributed by atoms with Crippen molar-refractivity contribution in [2.75, 3.05) is 39.6 Å². The summed E-state index contributed by atoms with van der Waals surface area (Å²) in [6.45, 7) is 16.4. The van der Waals surface area contributed by atoms with Crippen molar-refractivity contribution in [3.8, 4) is 92.9 Å². The van der Waals surface area contributed by atoms with Crippen LogP contribution in [0, 0.1) is 57.2 Å². The van der Waals surface area contributed by atoms with Gasteiger partial charge in [-0.1, -0.05) is 372 Å². The number of rotatable bonds is 65. The molecule has 2 aliphatic heterocycles.